The number of fused-ring (bicyclic) bond motifs is 1. The predicted octanol–water partition coefficient (Wildman–Crippen LogP) is 2.50. The van der Waals surface area contributed by atoms with Gasteiger partial charge in [0.15, 0.2) is 5.82 Å². The lowest BCUT2D eigenvalue weighted by atomic mass is 10.1. The number of halogens is 1. The van der Waals surface area contributed by atoms with Crippen molar-refractivity contribution in [2.24, 2.45) is 0 Å². The average Bonchev–Trinajstić information content (AvgIpc) is 3.16. The second kappa shape index (κ2) is 8.05. The van der Waals surface area contributed by atoms with Gasteiger partial charge in [-0.25, -0.2) is 29.3 Å². The van der Waals surface area contributed by atoms with E-state index in [1.165, 1.54) is 25.7 Å². The van der Waals surface area contributed by atoms with Gasteiger partial charge in [0.1, 0.15) is 12.0 Å². The number of ether oxygens (including phenoxy) is 2. The molecule has 10 heteroatoms. The number of nitrogens with zero attached hydrogens (tertiary/aromatic N) is 5. The van der Waals surface area contributed by atoms with Gasteiger partial charge in [-0.05, 0) is 22.8 Å². The smallest absolute Gasteiger partial charge is 0.250 e. The molecule has 4 aromatic heterocycles. The van der Waals surface area contributed by atoms with Crippen LogP contribution in [0.2, 0.25) is 0 Å². The summed E-state index contributed by atoms with van der Waals surface area (Å²) >= 11 is 0. The normalized spacial score (nSPS) is 10.9. The summed E-state index contributed by atoms with van der Waals surface area (Å²) < 4.78 is 23.8. The van der Waals surface area contributed by atoms with Crippen molar-refractivity contribution >= 4 is 17.0 Å². The van der Waals surface area contributed by atoms with Gasteiger partial charge in [-0.15, -0.1) is 0 Å². The highest BCUT2D eigenvalue weighted by atomic mass is 19.1. The minimum Gasteiger partial charge on any atom is -0.480 e. The Bertz CT molecular complexity index is 1130. The molecule has 0 spiro atoms. The molecule has 4 heterocycles. The van der Waals surface area contributed by atoms with Gasteiger partial charge in [-0.1, -0.05) is 0 Å². The quantitative estimate of drug-likeness (QED) is 0.491. The van der Waals surface area contributed by atoms with Crippen LogP contribution in [0.5, 0.6) is 11.8 Å². The molecule has 0 aliphatic heterocycles. The minimum absolute atomic E-state index is 0.0336. The summed E-state index contributed by atoms with van der Waals surface area (Å²) in [5.41, 5.74) is 3.27. The number of aromatic nitrogens is 6. The van der Waals surface area contributed by atoms with Gasteiger partial charge < -0.3 is 19.8 Å². The summed E-state index contributed by atoms with van der Waals surface area (Å²) in [6.07, 6.45) is 8.93. The van der Waals surface area contributed by atoms with Crippen molar-refractivity contribution < 1.29 is 13.9 Å². The number of aromatic amines is 1. The number of H-pyrrole nitrogens is 1. The lowest BCUT2D eigenvalue weighted by Crippen LogP contribution is -2.05. The van der Waals surface area contributed by atoms with Crippen LogP contribution in [0.1, 0.15) is 16.7 Å². The third-order valence-corrected chi connectivity index (χ3v) is 4.32. The number of hydrogen-bond donors (Lipinski definition) is 2. The van der Waals surface area contributed by atoms with E-state index >= 15 is 0 Å². The first kappa shape index (κ1) is 18.5. The minimum atomic E-state index is -0.513. The molecule has 29 heavy (non-hydrogen) atoms. The zero-order valence-electron chi connectivity index (χ0n) is 15.8. The largest absolute Gasteiger partial charge is 0.480 e. The lowest BCUT2D eigenvalue weighted by Gasteiger charge is -2.07. The number of hydrogen-bond acceptors (Lipinski definition) is 8. The van der Waals surface area contributed by atoms with Crippen molar-refractivity contribution in [2.45, 2.75) is 13.0 Å². The van der Waals surface area contributed by atoms with Crippen LogP contribution in [0.4, 0.5) is 10.3 Å². The first-order valence-corrected chi connectivity index (χ1v) is 8.76. The molecule has 0 amide bonds. The van der Waals surface area contributed by atoms with Crippen LogP contribution >= 0.6 is 0 Å². The molecule has 4 aromatic rings. The fourth-order valence-electron chi connectivity index (χ4n) is 2.94. The van der Waals surface area contributed by atoms with Crippen molar-refractivity contribution in [1.82, 2.24) is 29.9 Å². The highest BCUT2D eigenvalue weighted by molar-refractivity contribution is 5.85. The Kier molecular flexibility index (Phi) is 5.14. The molecule has 0 aromatic carbocycles. The van der Waals surface area contributed by atoms with Crippen LogP contribution in [0.15, 0.2) is 37.2 Å². The van der Waals surface area contributed by atoms with E-state index < -0.39 is 5.82 Å². The standard InChI is InChI=1S/C19H18FN7O2/c1-28-17-14(20)4-12(5-22-17)8-25-19-23-6-11(7-24-19)3-13-9-21-16-15(13)18(29-2)27-10-26-16/h4-7,9-10H,3,8H2,1-2H3,(H,21,26,27)(H,23,24,25). The van der Waals surface area contributed by atoms with E-state index in [9.17, 15) is 4.39 Å². The molecule has 0 saturated heterocycles. The molecule has 148 valence electrons. The summed E-state index contributed by atoms with van der Waals surface area (Å²) in [7, 11) is 2.95. The molecule has 0 bridgehead atoms. The van der Waals surface area contributed by atoms with E-state index in [2.05, 4.69) is 35.2 Å². The van der Waals surface area contributed by atoms with E-state index in [0.29, 0.717) is 36.0 Å². The Morgan fingerprint density at radius 1 is 0.966 bits per heavy atom. The fourth-order valence-corrected chi connectivity index (χ4v) is 2.94. The number of nitrogens with one attached hydrogen (secondary N) is 2. The highest BCUT2D eigenvalue weighted by Gasteiger charge is 2.12. The molecule has 0 aliphatic carbocycles. The van der Waals surface area contributed by atoms with Crippen molar-refractivity contribution in [3.63, 3.8) is 0 Å². The molecule has 0 aliphatic rings. The van der Waals surface area contributed by atoms with E-state index in [1.54, 1.807) is 19.5 Å². The molecule has 0 fully saturated rings. The first-order valence-electron chi connectivity index (χ1n) is 8.76. The van der Waals surface area contributed by atoms with Crippen LogP contribution in [0, 0.1) is 5.82 Å². The van der Waals surface area contributed by atoms with Gasteiger partial charge >= 0.3 is 0 Å². The molecule has 0 atom stereocenters. The second-order valence-electron chi connectivity index (χ2n) is 6.20. The van der Waals surface area contributed by atoms with E-state index in [1.807, 2.05) is 6.20 Å². The SMILES string of the molecule is COc1ncc(CNc2ncc(Cc3c[nH]c4ncnc(OC)c34)cn2)cc1F. The maximum Gasteiger partial charge on any atom is 0.250 e. The molecular formula is C19H18FN7O2. The predicted molar refractivity (Wildman–Crippen MR) is 103 cm³/mol. The first-order chi connectivity index (χ1) is 14.2. The zero-order chi connectivity index (χ0) is 20.2. The summed E-state index contributed by atoms with van der Waals surface area (Å²) in [6.45, 7) is 0.338. The molecular weight excluding hydrogens is 377 g/mol. The van der Waals surface area contributed by atoms with Crippen molar-refractivity contribution in [3.05, 3.63) is 59.7 Å². The fraction of sp³-hybridized carbons (Fsp3) is 0.211. The third-order valence-electron chi connectivity index (χ3n) is 4.32. The summed E-state index contributed by atoms with van der Waals surface area (Å²) in [5, 5.41) is 3.88. The van der Waals surface area contributed by atoms with Gasteiger partial charge in [0, 0.05) is 37.8 Å². The number of pyridine rings is 1. The van der Waals surface area contributed by atoms with Crippen LogP contribution < -0.4 is 14.8 Å². The summed E-state index contributed by atoms with van der Waals surface area (Å²) in [5.74, 6) is 0.408. The van der Waals surface area contributed by atoms with E-state index in [4.69, 9.17) is 9.47 Å². The topological polar surface area (TPSA) is 111 Å². The average molecular weight is 395 g/mol. The van der Waals surface area contributed by atoms with Gasteiger partial charge in [-0.2, -0.15) is 0 Å². The Balaban J connectivity index is 1.44. The monoisotopic (exact) mass is 395 g/mol. The molecule has 4 rings (SSSR count). The second-order valence-corrected chi connectivity index (χ2v) is 6.20. The Labute approximate surface area is 165 Å². The van der Waals surface area contributed by atoms with Gasteiger partial charge in [0.25, 0.3) is 0 Å². The molecule has 2 N–H and O–H groups in total. The third kappa shape index (κ3) is 3.91. The van der Waals surface area contributed by atoms with Gasteiger partial charge in [0.05, 0.1) is 19.6 Å². The maximum absolute atomic E-state index is 13.7. The van der Waals surface area contributed by atoms with E-state index in [0.717, 1.165) is 16.5 Å². The molecule has 0 saturated carbocycles. The Morgan fingerprint density at radius 2 is 1.72 bits per heavy atom. The van der Waals surface area contributed by atoms with Crippen molar-refractivity contribution in [3.8, 4) is 11.8 Å². The summed E-state index contributed by atoms with van der Waals surface area (Å²) in [4.78, 5) is 24.0. The van der Waals surface area contributed by atoms with Crippen molar-refractivity contribution in [1.29, 1.82) is 0 Å². The number of rotatable bonds is 7. The molecule has 9 nitrogen and oxygen atoms in total. The van der Waals surface area contributed by atoms with Crippen LogP contribution in [0.3, 0.4) is 0 Å². The van der Waals surface area contributed by atoms with Gasteiger partial charge in [0.2, 0.25) is 17.7 Å². The van der Waals surface area contributed by atoms with Crippen molar-refractivity contribution in [2.75, 3.05) is 19.5 Å². The Morgan fingerprint density at radius 3 is 2.45 bits per heavy atom. The lowest BCUT2D eigenvalue weighted by molar-refractivity contribution is 0.368. The van der Waals surface area contributed by atoms with Gasteiger partial charge in [-0.3, -0.25) is 0 Å². The van der Waals surface area contributed by atoms with Crippen LogP contribution in [-0.2, 0) is 13.0 Å². The maximum atomic E-state index is 13.7. The number of anilines is 1. The Hall–Kier alpha value is -3.82. The molecule has 0 radical (unpaired) electrons. The van der Waals surface area contributed by atoms with Crippen LogP contribution in [-0.4, -0.2) is 44.1 Å². The molecule has 0 unspecified atom stereocenters. The zero-order valence-corrected chi connectivity index (χ0v) is 15.8. The van der Waals surface area contributed by atoms with Crippen LogP contribution in [0.25, 0.3) is 11.0 Å². The summed E-state index contributed by atoms with van der Waals surface area (Å²) in [6, 6.07) is 1.36. The number of methoxy groups -OCH3 is 2. The van der Waals surface area contributed by atoms with E-state index in [-0.39, 0.29) is 5.88 Å². The highest BCUT2D eigenvalue weighted by Crippen LogP contribution is 2.26.